The van der Waals surface area contributed by atoms with Crippen LogP contribution in [0.1, 0.15) is 51.9 Å². The Kier molecular flexibility index (Phi) is 5.93. The first-order chi connectivity index (χ1) is 8.83. The van der Waals surface area contributed by atoms with Crippen LogP contribution in [0.4, 0.5) is 0 Å². The topological polar surface area (TPSA) is 38.5 Å². The molecule has 1 saturated carbocycles. The highest BCUT2D eigenvalue weighted by Gasteiger charge is 2.29. The first-order valence-electron chi connectivity index (χ1n) is 7.89. The molecular weight excluding hydrogens is 224 g/mol. The van der Waals surface area contributed by atoms with Crippen molar-refractivity contribution in [3.63, 3.8) is 0 Å². The molecule has 2 aliphatic rings. The van der Waals surface area contributed by atoms with Gasteiger partial charge in [0.15, 0.2) is 0 Å². The zero-order chi connectivity index (χ0) is 12.8. The maximum absolute atomic E-state index is 5.76. The van der Waals surface area contributed by atoms with Gasteiger partial charge in [0.2, 0.25) is 0 Å². The molecular formula is C15H30N2O. The molecule has 2 N–H and O–H groups in total. The van der Waals surface area contributed by atoms with E-state index in [-0.39, 0.29) is 0 Å². The van der Waals surface area contributed by atoms with Crippen molar-refractivity contribution in [3.8, 4) is 0 Å². The third-order valence-corrected chi connectivity index (χ3v) is 4.80. The van der Waals surface area contributed by atoms with Crippen molar-refractivity contribution >= 4 is 0 Å². The molecule has 0 bridgehead atoms. The molecule has 2 rings (SSSR count). The molecule has 3 nitrogen and oxygen atoms in total. The lowest BCUT2D eigenvalue weighted by Gasteiger charge is -2.41. The standard InChI is InChI=1S/C15H30N2O/c1-2-13-4-3-5-14(12-13)17-9-6-15(7-10-17)18-11-8-16/h13-15H,2-12,16H2,1H3. The van der Waals surface area contributed by atoms with E-state index in [0.29, 0.717) is 12.6 Å². The van der Waals surface area contributed by atoms with Crippen molar-refractivity contribution < 1.29 is 4.74 Å². The first kappa shape index (κ1) is 14.3. The van der Waals surface area contributed by atoms with Crippen LogP contribution >= 0.6 is 0 Å². The van der Waals surface area contributed by atoms with Crippen molar-refractivity contribution in [1.82, 2.24) is 4.90 Å². The van der Waals surface area contributed by atoms with Crippen molar-refractivity contribution in [3.05, 3.63) is 0 Å². The van der Waals surface area contributed by atoms with E-state index in [1.54, 1.807) is 0 Å². The Bertz CT molecular complexity index is 227. The third kappa shape index (κ3) is 3.94. The minimum absolute atomic E-state index is 0.468. The Morgan fingerprint density at radius 1 is 1.17 bits per heavy atom. The van der Waals surface area contributed by atoms with E-state index in [4.69, 9.17) is 10.5 Å². The Labute approximate surface area is 112 Å². The Morgan fingerprint density at radius 3 is 2.61 bits per heavy atom. The van der Waals surface area contributed by atoms with Gasteiger partial charge in [-0.25, -0.2) is 0 Å². The molecule has 3 heteroatoms. The van der Waals surface area contributed by atoms with Crippen LogP contribution in [0.5, 0.6) is 0 Å². The van der Waals surface area contributed by atoms with Crippen molar-refractivity contribution in [1.29, 1.82) is 0 Å². The smallest absolute Gasteiger partial charge is 0.0600 e. The summed E-state index contributed by atoms with van der Waals surface area (Å²) in [6.45, 7) is 6.19. The van der Waals surface area contributed by atoms with E-state index in [1.807, 2.05) is 0 Å². The largest absolute Gasteiger partial charge is 0.377 e. The van der Waals surface area contributed by atoms with E-state index in [9.17, 15) is 0 Å². The van der Waals surface area contributed by atoms with E-state index in [0.717, 1.165) is 18.6 Å². The van der Waals surface area contributed by atoms with Crippen molar-refractivity contribution in [2.45, 2.75) is 64.0 Å². The van der Waals surface area contributed by atoms with Gasteiger partial charge in [-0.05, 0) is 31.6 Å². The summed E-state index contributed by atoms with van der Waals surface area (Å²) >= 11 is 0. The normalized spacial score (nSPS) is 31.7. The minimum Gasteiger partial charge on any atom is -0.377 e. The summed E-state index contributed by atoms with van der Waals surface area (Å²) in [5.41, 5.74) is 5.49. The van der Waals surface area contributed by atoms with Gasteiger partial charge in [-0.1, -0.05) is 26.2 Å². The van der Waals surface area contributed by atoms with Gasteiger partial charge < -0.3 is 15.4 Å². The van der Waals surface area contributed by atoms with Gasteiger partial charge in [-0.3, -0.25) is 0 Å². The second-order valence-corrected chi connectivity index (χ2v) is 5.99. The van der Waals surface area contributed by atoms with Crippen LogP contribution in [-0.4, -0.2) is 43.3 Å². The van der Waals surface area contributed by atoms with E-state index in [1.165, 1.54) is 58.0 Å². The van der Waals surface area contributed by atoms with Crippen LogP contribution in [0.25, 0.3) is 0 Å². The highest BCUT2D eigenvalue weighted by molar-refractivity contribution is 4.83. The molecule has 0 aromatic rings. The van der Waals surface area contributed by atoms with Crippen molar-refractivity contribution in [2.75, 3.05) is 26.2 Å². The monoisotopic (exact) mass is 254 g/mol. The van der Waals surface area contributed by atoms with Gasteiger partial charge in [0.1, 0.15) is 0 Å². The highest BCUT2D eigenvalue weighted by atomic mass is 16.5. The summed E-state index contributed by atoms with van der Waals surface area (Å²) in [7, 11) is 0. The van der Waals surface area contributed by atoms with E-state index < -0.39 is 0 Å². The summed E-state index contributed by atoms with van der Waals surface area (Å²) in [5, 5.41) is 0. The molecule has 2 unspecified atom stereocenters. The van der Waals surface area contributed by atoms with Crippen LogP contribution in [0.3, 0.4) is 0 Å². The molecule has 2 atom stereocenters. The minimum atomic E-state index is 0.468. The molecule has 0 aromatic heterocycles. The number of nitrogens with zero attached hydrogens (tertiary/aromatic N) is 1. The summed E-state index contributed by atoms with van der Waals surface area (Å²) < 4.78 is 5.76. The Balaban J connectivity index is 1.72. The lowest BCUT2D eigenvalue weighted by molar-refractivity contribution is -0.00573. The number of likely N-dealkylation sites (tertiary alicyclic amines) is 1. The van der Waals surface area contributed by atoms with Crippen LogP contribution in [-0.2, 0) is 4.74 Å². The predicted octanol–water partition coefficient (Wildman–Crippen LogP) is 2.39. The molecule has 1 aliphatic heterocycles. The Hall–Kier alpha value is -0.120. The Morgan fingerprint density at radius 2 is 1.94 bits per heavy atom. The van der Waals surface area contributed by atoms with E-state index in [2.05, 4.69) is 11.8 Å². The maximum Gasteiger partial charge on any atom is 0.0600 e. The van der Waals surface area contributed by atoms with Gasteiger partial charge in [0.25, 0.3) is 0 Å². The molecule has 0 spiro atoms. The molecule has 1 aliphatic carbocycles. The van der Waals surface area contributed by atoms with Crippen molar-refractivity contribution in [2.24, 2.45) is 11.7 Å². The summed E-state index contributed by atoms with van der Waals surface area (Å²) in [5.74, 6) is 0.981. The molecule has 1 heterocycles. The fourth-order valence-electron chi connectivity index (χ4n) is 3.61. The molecule has 2 fully saturated rings. The predicted molar refractivity (Wildman–Crippen MR) is 75.6 cm³/mol. The molecule has 18 heavy (non-hydrogen) atoms. The maximum atomic E-state index is 5.76. The average Bonchev–Trinajstić information content (AvgIpc) is 2.46. The quantitative estimate of drug-likeness (QED) is 0.819. The zero-order valence-electron chi connectivity index (χ0n) is 11.9. The second-order valence-electron chi connectivity index (χ2n) is 5.99. The van der Waals surface area contributed by atoms with E-state index >= 15 is 0 Å². The van der Waals surface area contributed by atoms with Crippen LogP contribution in [0.15, 0.2) is 0 Å². The summed E-state index contributed by atoms with van der Waals surface area (Å²) in [6.07, 6.45) is 9.99. The lowest BCUT2D eigenvalue weighted by atomic mass is 9.83. The number of nitrogens with two attached hydrogens (primary N) is 1. The molecule has 1 saturated heterocycles. The van der Waals surface area contributed by atoms with Gasteiger partial charge in [0, 0.05) is 25.7 Å². The average molecular weight is 254 g/mol. The zero-order valence-corrected chi connectivity index (χ0v) is 11.9. The fourth-order valence-corrected chi connectivity index (χ4v) is 3.61. The number of ether oxygens (including phenoxy) is 1. The third-order valence-electron chi connectivity index (χ3n) is 4.80. The fraction of sp³-hybridized carbons (Fsp3) is 1.00. The molecule has 0 amide bonds. The second kappa shape index (κ2) is 7.46. The van der Waals surface area contributed by atoms with Crippen LogP contribution < -0.4 is 5.73 Å². The van der Waals surface area contributed by atoms with Gasteiger partial charge in [0.05, 0.1) is 12.7 Å². The van der Waals surface area contributed by atoms with Crippen LogP contribution in [0, 0.1) is 5.92 Å². The summed E-state index contributed by atoms with van der Waals surface area (Å²) in [6, 6.07) is 0.860. The van der Waals surface area contributed by atoms with Gasteiger partial charge in [-0.15, -0.1) is 0 Å². The molecule has 0 radical (unpaired) electrons. The SMILES string of the molecule is CCC1CCCC(N2CCC(OCCN)CC2)C1. The number of hydrogen-bond donors (Lipinski definition) is 1. The molecule has 106 valence electrons. The van der Waals surface area contributed by atoms with Crippen LogP contribution in [0.2, 0.25) is 0 Å². The first-order valence-corrected chi connectivity index (χ1v) is 7.89. The summed E-state index contributed by atoms with van der Waals surface area (Å²) in [4.78, 5) is 2.73. The molecule has 0 aromatic carbocycles. The number of piperidine rings is 1. The number of rotatable bonds is 5. The highest BCUT2D eigenvalue weighted by Crippen LogP contribution is 2.31. The lowest BCUT2D eigenvalue weighted by Crippen LogP contribution is -2.45. The van der Waals surface area contributed by atoms with Gasteiger partial charge >= 0.3 is 0 Å². The van der Waals surface area contributed by atoms with Gasteiger partial charge in [-0.2, -0.15) is 0 Å². The number of hydrogen-bond acceptors (Lipinski definition) is 3.